The molecule has 4 aromatic carbocycles. The molecule has 0 bridgehead atoms. The minimum absolute atomic E-state index is 0.0171. The number of carbonyl (C=O) groups excluding carboxylic acids is 2. The van der Waals surface area contributed by atoms with Crippen LogP contribution in [-0.4, -0.2) is 51.4 Å². The highest BCUT2D eigenvalue weighted by atomic mass is 35.5. The first kappa shape index (κ1) is 34.8. The van der Waals surface area contributed by atoms with Crippen molar-refractivity contribution in [1.29, 1.82) is 0 Å². The number of benzene rings is 4. The Bertz CT molecular complexity index is 1720. The summed E-state index contributed by atoms with van der Waals surface area (Å²) in [4.78, 5) is 29.7. The first-order chi connectivity index (χ1) is 22.0. The fraction of sp³-hybridized carbons (Fsp3) is 0.257. The van der Waals surface area contributed by atoms with Gasteiger partial charge in [-0.25, -0.2) is 8.42 Å². The summed E-state index contributed by atoms with van der Waals surface area (Å²) in [7, 11) is -2.74. The van der Waals surface area contributed by atoms with E-state index in [1.165, 1.54) is 24.1 Å². The smallest absolute Gasteiger partial charge is 0.264 e. The fourth-order valence-corrected chi connectivity index (χ4v) is 6.54. The number of hydrogen-bond donors (Lipinski definition) is 1. The standard InChI is InChI=1S/C35H37Cl2N3O5S/c1-25(2)22-38-35(42)33(21-26-10-6-4-7-11-26)39(23-27-14-19-31(36)32(37)20-27)34(41)24-40(28-12-8-5-9-13-28)46(43,44)30-17-15-29(45-3)16-18-30/h4-20,25,33H,21-24H2,1-3H3,(H,38,42)/t33-/m1/s1. The van der Waals surface area contributed by atoms with Crippen LogP contribution in [0.25, 0.3) is 0 Å². The van der Waals surface area contributed by atoms with Gasteiger partial charge in [-0.3, -0.25) is 13.9 Å². The molecular weight excluding hydrogens is 645 g/mol. The number of methoxy groups -OCH3 is 1. The molecule has 46 heavy (non-hydrogen) atoms. The molecule has 0 aliphatic carbocycles. The van der Waals surface area contributed by atoms with Crippen LogP contribution in [0.4, 0.5) is 5.69 Å². The lowest BCUT2D eigenvalue weighted by atomic mass is 10.0. The predicted molar refractivity (Wildman–Crippen MR) is 183 cm³/mol. The number of halogens is 2. The van der Waals surface area contributed by atoms with E-state index in [2.05, 4.69) is 5.32 Å². The fourth-order valence-electron chi connectivity index (χ4n) is 4.81. The third-order valence-corrected chi connectivity index (χ3v) is 9.79. The van der Waals surface area contributed by atoms with Crippen molar-refractivity contribution >= 4 is 50.7 Å². The number of nitrogens with one attached hydrogen (secondary N) is 1. The van der Waals surface area contributed by atoms with Crippen LogP contribution < -0.4 is 14.4 Å². The van der Waals surface area contributed by atoms with Crippen LogP contribution in [0.1, 0.15) is 25.0 Å². The molecule has 8 nitrogen and oxygen atoms in total. The zero-order valence-corrected chi connectivity index (χ0v) is 28.2. The highest BCUT2D eigenvalue weighted by Gasteiger charge is 2.34. The van der Waals surface area contributed by atoms with Gasteiger partial charge in [-0.2, -0.15) is 0 Å². The average molecular weight is 683 g/mol. The van der Waals surface area contributed by atoms with Gasteiger partial charge in [-0.1, -0.05) is 91.6 Å². The Hall–Kier alpha value is -4.05. The molecular formula is C35H37Cl2N3O5S. The quantitative estimate of drug-likeness (QED) is 0.162. The maximum absolute atomic E-state index is 14.5. The van der Waals surface area contributed by atoms with Crippen molar-refractivity contribution in [3.8, 4) is 5.75 Å². The molecule has 0 unspecified atom stereocenters. The number of para-hydroxylation sites is 1. The molecule has 1 N–H and O–H groups in total. The Morgan fingerprint density at radius 2 is 1.46 bits per heavy atom. The molecule has 0 heterocycles. The third kappa shape index (κ3) is 9.02. The van der Waals surface area contributed by atoms with E-state index in [9.17, 15) is 18.0 Å². The Kier molecular flexibility index (Phi) is 12.1. The molecule has 0 radical (unpaired) electrons. The second kappa shape index (κ2) is 16.0. The van der Waals surface area contributed by atoms with E-state index in [1.807, 2.05) is 44.2 Å². The van der Waals surface area contributed by atoms with Crippen molar-refractivity contribution in [3.63, 3.8) is 0 Å². The van der Waals surface area contributed by atoms with E-state index < -0.39 is 28.5 Å². The van der Waals surface area contributed by atoms with Crippen LogP contribution in [0.2, 0.25) is 10.0 Å². The van der Waals surface area contributed by atoms with E-state index >= 15 is 0 Å². The van der Waals surface area contributed by atoms with Crippen LogP contribution in [0.5, 0.6) is 5.75 Å². The van der Waals surface area contributed by atoms with E-state index in [0.717, 1.165) is 9.87 Å². The first-order valence-corrected chi connectivity index (χ1v) is 17.0. The zero-order chi connectivity index (χ0) is 33.3. The largest absolute Gasteiger partial charge is 0.497 e. The molecule has 4 rings (SSSR count). The lowest BCUT2D eigenvalue weighted by Gasteiger charge is -2.34. The van der Waals surface area contributed by atoms with Crippen molar-refractivity contribution in [2.75, 3.05) is 24.5 Å². The topological polar surface area (TPSA) is 96.0 Å². The molecule has 0 saturated carbocycles. The van der Waals surface area contributed by atoms with Crippen LogP contribution in [0.15, 0.2) is 108 Å². The van der Waals surface area contributed by atoms with Gasteiger partial charge in [-0.15, -0.1) is 0 Å². The summed E-state index contributed by atoms with van der Waals surface area (Å²) in [5, 5.41) is 3.61. The highest BCUT2D eigenvalue weighted by Crippen LogP contribution is 2.27. The highest BCUT2D eigenvalue weighted by molar-refractivity contribution is 7.92. The maximum atomic E-state index is 14.5. The van der Waals surface area contributed by atoms with Crippen molar-refractivity contribution in [1.82, 2.24) is 10.2 Å². The molecule has 0 saturated heterocycles. The number of carbonyl (C=O) groups is 2. The Morgan fingerprint density at radius 1 is 0.826 bits per heavy atom. The summed E-state index contributed by atoms with van der Waals surface area (Å²) in [5.74, 6) is -0.267. The van der Waals surface area contributed by atoms with Gasteiger partial charge in [0.1, 0.15) is 18.3 Å². The van der Waals surface area contributed by atoms with Crippen molar-refractivity contribution in [2.24, 2.45) is 5.92 Å². The van der Waals surface area contributed by atoms with Crippen molar-refractivity contribution < 1.29 is 22.7 Å². The minimum atomic E-state index is -4.23. The summed E-state index contributed by atoms with van der Waals surface area (Å²) in [6.07, 6.45) is 0.203. The number of sulfonamides is 1. The molecule has 4 aromatic rings. The monoisotopic (exact) mass is 681 g/mol. The number of hydrogen-bond acceptors (Lipinski definition) is 5. The average Bonchev–Trinajstić information content (AvgIpc) is 3.06. The number of ether oxygens (including phenoxy) is 1. The molecule has 0 aliphatic heterocycles. The molecule has 11 heteroatoms. The SMILES string of the molecule is COc1ccc(S(=O)(=O)N(CC(=O)N(Cc2ccc(Cl)c(Cl)c2)[C@H](Cc2ccccc2)C(=O)NCC(C)C)c2ccccc2)cc1. The van der Waals surface area contributed by atoms with E-state index in [1.54, 1.807) is 60.7 Å². The van der Waals surface area contributed by atoms with Gasteiger partial charge in [-0.05, 0) is 65.6 Å². The molecule has 0 spiro atoms. The summed E-state index contributed by atoms with van der Waals surface area (Å²) >= 11 is 12.5. The number of anilines is 1. The van der Waals surface area contributed by atoms with Gasteiger partial charge in [0.05, 0.1) is 27.7 Å². The van der Waals surface area contributed by atoms with Gasteiger partial charge < -0.3 is 15.0 Å². The Balaban J connectivity index is 1.79. The van der Waals surface area contributed by atoms with Crippen LogP contribution in [0, 0.1) is 5.92 Å². The Morgan fingerprint density at radius 3 is 2.04 bits per heavy atom. The maximum Gasteiger partial charge on any atom is 0.264 e. The van der Waals surface area contributed by atoms with E-state index in [4.69, 9.17) is 27.9 Å². The molecule has 0 aromatic heterocycles. The van der Waals surface area contributed by atoms with E-state index in [0.29, 0.717) is 33.6 Å². The van der Waals surface area contributed by atoms with Gasteiger partial charge in [0.25, 0.3) is 10.0 Å². The summed E-state index contributed by atoms with van der Waals surface area (Å²) in [6, 6.07) is 27.7. The van der Waals surface area contributed by atoms with Crippen molar-refractivity contribution in [3.05, 3.63) is 124 Å². The van der Waals surface area contributed by atoms with Crippen LogP contribution >= 0.6 is 23.2 Å². The zero-order valence-electron chi connectivity index (χ0n) is 25.9. The minimum Gasteiger partial charge on any atom is -0.497 e. The van der Waals surface area contributed by atoms with Gasteiger partial charge in [0.15, 0.2) is 0 Å². The number of rotatable bonds is 14. The molecule has 0 aliphatic rings. The lowest BCUT2D eigenvalue weighted by molar-refractivity contribution is -0.140. The van der Waals surface area contributed by atoms with Gasteiger partial charge >= 0.3 is 0 Å². The van der Waals surface area contributed by atoms with Gasteiger partial charge in [0, 0.05) is 19.5 Å². The number of amides is 2. The van der Waals surface area contributed by atoms with Crippen LogP contribution in [0.3, 0.4) is 0 Å². The van der Waals surface area contributed by atoms with Gasteiger partial charge in [0.2, 0.25) is 11.8 Å². The summed E-state index contributed by atoms with van der Waals surface area (Å²) < 4.78 is 34.5. The second-order valence-corrected chi connectivity index (χ2v) is 13.8. The number of nitrogens with zero attached hydrogens (tertiary/aromatic N) is 2. The predicted octanol–water partition coefficient (Wildman–Crippen LogP) is 6.61. The third-order valence-electron chi connectivity index (χ3n) is 7.26. The lowest BCUT2D eigenvalue weighted by Crippen LogP contribution is -2.53. The van der Waals surface area contributed by atoms with Crippen molar-refractivity contribution in [2.45, 2.75) is 37.8 Å². The van der Waals surface area contributed by atoms with E-state index in [-0.39, 0.29) is 29.7 Å². The normalized spacial score (nSPS) is 12.0. The molecule has 0 fully saturated rings. The second-order valence-electron chi connectivity index (χ2n) is 11.1. The van der Waals surface area contributed by atoms with Crippen LogP contribution in [-0.2, 0) is 32.6 Å². The Labute approximate surface area is 280 Å². The molecule has 1 atom stereocenters. The first-order valence-electron chi connectivity index (χ1n) is 14.8. The molecule has 242 valence electrons. The summed E-state index contributed by atoms with van der Waals surface area (Å²) in [6.45, 7) is 3.77. The summed E-state index contributed by atoms with van der Waals surface area (Å²) in [5.41, 5.74) is 1.76. The molecule has 2 amide bonds.